The van der Waals surface area contributed by atoms with Gasteiger partial charge in [0.25, 0.3) is 0 Å². The Bertz CT molecular complexity index is 262. The van der Waals surface area contributed by atoms with E-state index in [1.54, 1.807) is 0 Å². The maximum atomic E-state index is 5.77. The van der Waals surface area contributed by atoms with Crippen molar-refractivity contribution in [1.29, 1.82) is 0 Å². The first-order valence-electron chi connectivity index (χ1n) is 8.53. The first-order chi connectivity index (χ1) is 9.42. The van der Waals surface area contributed by atoms with Crippen LogP contribution in [-0.2, 0) is 4.74 Å². The van der Waals surface area contributed by atoms with Crippen molar-refractivity contribution in [2.45, 2.75) is 78.5 Å². The molecule has 0 aromatic carbocycles. The second kappa shape index (κ2) is 8.35. The number of nitrogens with one attached hydrogen (secondary N) is 1. The first-order valence-corrected chi connectivity index (χ1v) is 8.53. The van der Waals surface area contributed by atoms with E-state index in [1.165, 1.54) is 25.8 Å². The van der Waals surface area contributed by atoms with Crippen molar-refractivity contribution in [2.75, 3.05) is 26.2 Å². The SMILES string of the molecule is CCC1(CC)CN(CCOC(C)C)C(CC(C)C)CN1. The number of hydrogen-bond acceptors (Lipinski definition) is 3. The molecule has 1 atom stereocenters. The van der Waals surface area contributed by atoms with Crippen LogP contribution in [0.25, 0.3) is 0 Å². The quantitative estimate of drug-likeness (QED) is 0.740. The molecule has 1 aliphatic rings. The van der Waals surface area contributed by atoms with Crippen LogP contribution in [0.15, 0.2) is 0 Å². The molecular weight excluding hydrogens is 248 g/mol. The third-order valence-corrected chi connectivity index (χ3v) is 4.66. The summed E-state index contributed by atoms with van der Waals surface area (Å²) in [4.78, 5) is 2.67. The van der Waals surface area contributed by atoms with Crippen molar-refractivity contribution < 1.29 is 4.74 Å². The van der Waals surface area contributed by atoms with Crippen molar-refractivity contribution in [1.82, 2.24) is 10.2 Å². The lowest BCUT2D eigenvalue weighted by Gasteiger charge is -2.48. The van der Waals surface area contributed by atoms with Gasteiger partial charge in [-0.1, -0.05) is 27.7 Å². The van der Waals surface area contributed by atoms with E-state index in [9.17, 15) is 0 Å². The predicted molar refractivity (Wildman–Crippen MR) is 87.2 cm³/mol. The maximum Gasteiger partial charge on any atom is 0.0597 e. The van der Waals surface area contributed by atoms with Gasteiger partial charge in [0.15, 0.2) is 0 Å². The molecule has 0 bridgehead atoms. The van der Waals surface area contributed by atoms with E-state index in [2.05, 4.69) is 51.8 Å². The van der Waals surface area contributed by atoms with Crippen LogP contribution in [0.3, 0.4) is 0 Å². The van der Waals surface area contributed by atoms with Gasteiger partial charge in [-0.3, -0.25) is 4.90 Å². The van der Waals surface area contributed by atoms with Gasteiger partial charge in [-0.25, -0.2) is 0 Å². The highest BCUT2D eigenvalue weighted by Gasteiger charge is 2.36. The number of nitrogens with zero attached hydrogens (tertiary/aromatic N) is 1. The fourth-order valence-corrected chi connectivity index (χ4v) is 3.20. The van der Waals surface area contributed by atoms with Gasteiger partial charge in [-0.2, -0.15) is 0 Å². The first kappa shape index (κ1) is 17.9. The van der Waals surface area contributed by atoms with Gasteiger partial charge in [0.05, 0.1) is 12.7 Å². The lowest BCUT2D eigenvalue weighted by Crippen LogP contribution is -2.64. The van der Waals surface area contributed by atoms with Gasteiger partial charge >= 0.3 is 0 Å². The number of rotatable bonds is 8. The average molecular weight is 284 g/mol. The number of piperazine rings is 1. The minimum atomic E-state index is 0.311. The van der Waals surface area contributed by atoms with Crippen molar-refractivity contribution in [3.63, 3.8) is 0 Å². The highest BCUT2D eigenvalue weighted by Crippen LogP contribution is 2.25. The molecule has 0 aromatic heterocycles. The van der Waals surface area contributed by atoms with E-state index in [-0.39, 0.29) is 0 Å². The molecule has 1 aliphatic heterocycles. The summed E-state index contributed by atoms with van der Waals surface area (Å²) in [5, 5.41) is 3.83. The Morgan fingerprint density at radius 2 is 1.85 bits per heavy atom. The van der Waals surface area contributed by atoms with E-state index in [4.69, 9.17) is 4.74 Å². The molecule has 0 spiro atoms. The zero-order valence-electron chi connectivity index (χ0n) is 14.5. The summed E-state index contributed by atoms with van der Waals surface area (Å²) in [6, 6.07) is 0.664. The molecule has 1 saturated heterocycles. The van der Waals surface area contributed by atoms with Gasteiger partial charge in [0.2, 0.25) is 0 Å². The molecule has 0 aliphatic carbocycles. The Labute approximate surface area is 126 Å². The van der Waals surface area contributed by atoms with Crippen molar-refractivity contribution in [3.8, 4) is 0 Å². The molecule has 0 aromatic rings. The number of ether oxygens (including phenoxy) is 1. The van der Waals surface area contributed by atoms with Crippen LogP contribution in [0.5, 0.6) is 0 Å². The van der Waals surface area contributed by atoms with Crippen LogP contribution in [0, 0.1) is 5.92 Å². The Kier molecular flexibility index (Phi) is 7.49. The molecule has 1 fully saturated rings. The minimum Gasteiger partial charge on any atom is -0.377 e. The summed E-state index contributed by atoms with van der Waals surface area (Å²) < 4.78 is 5.77. The van der Waals surface area contributed by atoms with Gasteiger partial charge < -0.3 is 10.1 Å². The van der Waals surface area contributed by atoms with Gasteiger partial charge in [0.1, 0.15) is 0 Å². The molecule has 0 radical (unpaired) electrons. The van der Waals surface area contributed by atoms with Crippen LogP contribution >= 0.6 is 0 Å². The summed E-state index contributed by atoms with van der Waals surface area (Å²) in [5.74, 6) is 0.756. The van der Waals surface area contributed by atoms with Gasteiger partial charge in [-0.15, -0.1) is 0 Å². The minimum absolute atomic E-state index is 0.311. The fraction of sp³-hybridized carbons (Fsp3) is 1.00. The van der Waals surface area contributed by atoms with Crippen LogP contribution in [-0.4, -0.2) is 48.8 Å². The zero-order valence-corrected chi connectivity index (χ0v) is 14.5. The largest absolute Gasteiger partial charge is 0.377 e. The van der Waals surface area contributed by atoms with Gasteiger partial charge in [-0.05, 0) is 39.0 Å². The van der Waals surface area contributed by atoms with Gasteiger partial charge in [0, 0.05) is 31.2 Å². The topological polar surface area (TPSA) is 24.5 Å². The van der Waals surface area contributed by atoms with E-state index < -0.39 is 0 Å². The molecule has 0 saturated carbocycles. The Morgan fingerprint density at radius 3 is 2.35 bits per heavy atom. The van der Waals surface area contributed by atoms with Crippen LogP contribution in [0.2, 0.25) is 0 Å². The molecular formula is C17H36N2O. The van der Waals surface area contributed by atoms with Crippen molar-refractivity contribution in [2.24, 2.45) is 5.92 Å². The molecule has 1 rings (SSSR count). The smallest absolute Gasteiger partial charge is 0.0597 e. The summed E-state index contributed by atoms with van der Waals surface area (Å²) in [7, 11) is 0. The predicted octanol–water partition coefficient (Wildman–Crippen LogP) is 3.29. The highest BCUT2D eigenvalue weighted by molar-refractivity contribution is 4.96. The van der Waals surface area contributed by atoms with Crippen molar-refractivity contribution >= 4 is 0 Å². The maximum absolute atomic E-state index is 5.77. The van der Waals surface area contributed by atoms with E-state index in [0.29, 0.717) is 17.7 Å². The number of hydrogen-bond donors (Lipinski definition) is 1. The van der Waals surface area contributed by atoms with Crippen LogP contribution in [0.4, 0.5) is 0 Å². The molecule has 1 heterocycles. The lowest BCUT2D eigenvalue weighted by molar-refractivity contribution is 0.0140. The average Bonchev–Trinajstić information content (AvgIpc) is 2.40. The molecule has 120 valence electrons. The summed E-state index contributed by atoms with van der Waals surface area (Å²) in [5.41, 5.74) is 0.311. The Hall–Kier alpha value is -0.120. The van der Waals surface area contributed by atoms with Crippen LogP contribution in [0.1, 0.15) is 60.8 Å². The molecule has 20 heavy (non-hydrogen) atoms. The Balaban J connectivity index is 2.62. The van der Waals surface area contributed by atoms with Crippen LogP contribution < -0.4 is 5.32 Å². The van der Waals surface area contributed by atoms with E-state index >= 15 is 0 Å². The normalized spacial score (nSPS) is 23.7. The Morgan fingerprint density at radius 1 is 1.20 bits per heavy atom. The molecule has 3 nitrogen and oxygen atoms in total. The molecule has 3 heteroatoms. The summed E-state index contributed by atoms with van der Waals surface area (Å²) in [6.45, 7) is 17.7. The highest BCUT2D eigenvalue weighted by atomic mass is 16.5. The zero-order chi connectivity index (χ0) is 15.2. The third-order valence-electron chi connectivity index (χ3n) is 4.66. The molecule has 0 amide bonds. The van der Waals surface area contributed by atoms with E-state index in [0.717, 1.165) is 25.6 Å². The molecule has 1 N–H and O–H groups in total. The van der Waals surface area contributed by atoms with E-state index in [1.807, 2.05) is 0 Å². The van der Waals surface area contributed by atoms with Crippen molar-refractivity contribution in [3.05, 3.63) is 0 Å². The second-order valence-corrected chi connectivity index (χ2v) is 7.04. The summed E-state index contributed by atoms with van der Waals surface area (Å²) >= 11 is 0. The molecule has 1 unspecified atom stereocenters. The fourth-order valence-electron chi connectivity index (χ4n) is 3.20. The monoisotopic (exact) mass is 284 g/mol. The lowest BCUT2D eigenvalue weighted by atomic mass is 9.87. The third kappa shape index (κ3) is 5.34. The second-order valence-electron chi connectivity index (χ2n) is 7.04. The summed E-state index contributed by atoms with van der Waals surface area (Å²) in [6.07, 6.45) is 4.03. The standard InChI is InChI=1S/C17H36N2O/c1-7-17(8-2)13-19(9-10-20-15(5)6)16(12-18-17)11-14(3)4/h14-16,18H,7-13H2,1-6H3.